The first-order valence-corrected chi connectivity index (χ1v) is 4.75. The number of hydrogen-bond acceptors (Lipinski definition) is 6. The van der Waals surface area contributed by atoms with Gasteiger partial charge in [0, 0.05) is 6.07 Å². The monoisotopic (exact) mass is 239 g/mol. The second-order valence-electron chi connectivity index (χ2n) is 3.36. The van der Waals surface area contributed by atoms with Crippen molar-refractivity contribution in [3.8, 4) is 11.5 Å². The molecular formula is C10H9NO6. The Hall–Kier alpha value is -2.31. The molecule has 0 bridgehead atoms. The molecule has 7 nitrogen and oxygen atoms in total. The zero-order valence-corrected chi connectivity index (χ0v) is 8.97. The lowest BCUT2D eigenvalue weighted by atomic mass is 10.1. The molecule has 0 atom stereocenters. The van der Waals surface area contributed by atoms with E-state index in [2.05, 4.69) is 4.74 Å². The van der Waals surface area contributed by atoms with E-state index >= 15 is 0 Å². The summed E-state index contributed by atoms with van der Waals surface area (Å²) in [5.74, 6) is -0.0973. The van der Waals surface area contributed by atoms with Crippen molar-refractivity contribution in [2.75, 3.05) is 13.9 Å². The first-order valence-electron chi connectivity index (χ1n) is 4.75. The highest BCUT2D eigenvalue weighted by atomic mass is 16.7. The third-order valence-electron chi connectivity index (χ3n) is 2.29. The van der Waals surface area contributed by atoms with Crippen molar-refractivity contribution in [2.24, 2.45) is 0 Å². The Labute approximate surface area is 96.0 Å². The van der Waals surface area contributed by atoms with Crippen molar-refractivity contribution < 1.29 is 23.9 Å². The molecule has 0 aliphatic carbocycles. The molecule has 0 spiro atoms. The van der Waals surface area contributed by atoms with Crippen LogP contribution < -0.4 is 9.47 Å². The summed E-state index contributed by atoms with van der Waals surface area (Å²) in [7, 11) is 1.25. The maximum atomic E-state index is 11.1. The SMILES string of the molecule is COC(=O)Cc1cc2c(c([N+](=O)[O-])c1)OCO2. The summed E-state index contributed by atoms with van der Waals surface area (Å²) < 4.78 is 14.6. The number of methoxy groups -OCH3 is 1. The van der Waals surface area contributed by atoms with E-state index in [1.165, 1.54) is 19.2 Å². The molecule has 90 valence electrons. The predicted octanol–water partition coefficient (Wildman–Crippen LogP) is 1.04. The van der Waals surface area contributed by atoms with E-state index in [0.717, 1.165) is 0 Å². The van der Waals surface area contributed by atoms with Crippen LogP contribution in [-0.2, 0) is 16.0 Å². The highest BCUT2D eigenvalue weighted by molar-refractivity contribution is 5.74. The third-order valence-corrected chi connectivity index (χ3v) is 2.29. The molecule has 0 saturated carbocycles. The quantitative estimate of drug-likeness (QED) is 0.445. The summed E-state index contributed by atoms with van der Waals surface area (Å²) in [6, 6.07) is 2.82. The van der Waals surface area contributed by atoms with Crippen molar-refractivity contribution >= 4 is 11.7 Å². The van der Waals surface area contributed by atoms with Gasteiger partial charge in [-0.05, 0) is 11.6 Å². The fourth-order valence-electron chi connectivity index (χ4n) is 1.52. The van der Waals surface area contributed by atoms with E-state index in [1.807, 2.05) is 0 Å². The first kappa shape index (κ1) is 11.2. The molecule has 1 aliphatic heterocycles. The number of hydrogen-bond donors (Lipinski definition) is 0. The molecule has 1 heterocycles. The van der Waals surface area contributed by atoms with Gasteiger partial charge in [-0.25, -0.2) is 0 Å². The Kier molecular flexibility index (Phi) is 2.82. The van der Waals surface area contributed by atoms with Crippen molar-refractivity contribution in [1.29, 1.82) is 0 Å². The third kappa shape index (κ3) is 2.12. The van der Waals surface area contributed by atoms with Gasteiger partial charge in [0.15, 0.2) is 5.75 Å². The molecule has 0 amide bonds. The van der Waals surface area contributed by atoms with E-state index in [4.69, 9.17) is 9.47 Å². The second-order valence-corrected chi connectivity index (χ2v) is 3.36. The van der Waals surface area contributed by atoms with E-state index in [0.29, 0.717) is 5.56 Å². The maximum absolute atomic E-state index is 11.1. The topological polar surface area (TPSA) is 87.9 Å². The number of ether oxygens (including phenoxy) is 3. The van der Waals surface area contributed by atoms with Crippen molar-refractivity contribution in [3.05, 3.63) is 27.8 Å². The number of benzene rings is 1. The van der Waals surface area contributed by atoms with Gasteiger partial charge in [-0.2, -0.15) is 0 Å². The molecule has 0 unspecified atom stereocenters. The Morgan fingerprint density at radius 1 is 1.53 bits per heavy atom. The minimum atomic E-state index is -0.575. The summed E-state index contributed by atoms with van der Waals surface area (Å²) >= 11 is 0. The zero-order valence-electron chi connectivity index (χ0n) is 8.97. The minimum absolute atomic E-state index is 0.0476. The number of carbonyl (C=O) groups excluding carboxylic acids is 1. The Balaban J connectivity index is 2.39. The lowest BCUT2D eigenvalue weighted by molar-refractivity contribution is -0.385. The van der Waals surface area contributed by atoms with Crippen LogP contribution in [0.4, 0.5) is 5.69 Å². The number of fused-ring (bicyclic) bond motifs is 1. The molecule has 0 radical (unpaired) electrons. The van der Waals surface area contributed by atoms with E-state index < -0.39 is 10.9 Å². The number of esters is 1. The molecule has 17 heavy (non-hydrogen) atoms. The molecule has 0 fully saturated rings. The van der Waals surface area contributed by atoms with Gasteiger partial charge in [-0.15, -0.1) is 0 Å². The number of nitro groups is 1. The fourth-order valence-corrected chi connectivity index (χ4v) is 1.52. The smallest absolute Gasteiger partial charge is 0.315 e. The van der Waals surface area contributed by atoms with Crippen LogP contribution in [0.5, 0.6) is 11.5 Å². The van der Waals surface area contributed by atoms with E-state index in [-0.39, 0.29) is 30.4 Å². The van der Waals surface area contributed by atoms with Crippen molar-refractivity contribution in [1.82, 2.24) is 0 Å². The number of nitro benzene ring substituents is 1. The van der Waals surface area contributed by atoms with Crippen molar-refractivity contribution in [2.45, 2.75) is 6.42 Å². The molecule has 0 aromatic heterocycles. The van der Waals surface area contributed by atoms with Gasteiger partial charge in [0.25, 0.3) is 0 Å². The molecule has 1 aromatic rings. The van der Waals surface area contributed by atoms with Crippen LogP contribution in [-0.4, -0.2) is 24.8 Å². The van der Waals surface area contributed by atoms with Gasteiger partial charge in [0.1, 0.15) is 0 Å². The predicted molar refractivity (Wildman–Crippen MR) is 54.9 cm³/mol. The van der Waals surface area contributed by atoms with Crippen LogP contribution >= 0.6 is 0 Å². The molecule has 1 aromatic carbocycles. The molecule has 1 aliphatic rings. The van der Waals surface area contributed by atoms with Gasteiger partial charge in [-0.1, -0.05) is 0 Å². The molecule has 0 saturated heterocycles. The fraction of sp³-hybridized carbons (Fsp3) is 0.300. The van der Waals surface area contributed by atoms with Crippen LogP contribution in [0.25, 0.3) is 0 Å². The highest BCUT2D eigenvalue weighted by Gasteiger charge is 2.27. The summed E-state index contributed by atoms with van der Waals surface area (Å²) in [6.07, 6.45) is -0.0476. The maximum Gasteiger partial charge on any atom is 0.315 e. The van der Waals surface area contributed by atoms with E-state index in [1.54, 1.807) is 0 Å². The minimum Gasteiger partial charge on any atom is -0.469 e. The summed E-state index contributed by atoms with van der Waals surface area (Å²) in [6.45, 7) is -0.0577. The van der Waals surface area contributed by atoms with Crippen molar-refractivity contribution in [3.63, 3.8) is 0 Å². The summed E-state index contributed by atoms with van der Waals surface area (Å²) in [5, 5.41) is 10.8. The standard InChI is InChI=1S/C10H9NO6/c1-15-9(12)4-6-2-7(11(13)14)10-8(3-6)16-5-17-10/h2-3H,4-5H2,1H3. The average Bonchev–Trinajstić information content (AvgIpc) is 2.75. The van der Waals surface area contributed by atoms with E-state index in [9.17, 15) is 14.9 Å². The van der Waals surface area contributed by atoms with Gasteiger partial charge in [0.2, 0.25) is 12.5 Å². The average molecular weight is 239 g/mol. The highest BCUT2D eigenvalue weighted by Crippen LogP contribution is 2.41. The number of rotatable bonds is 3. The molecular weight excluding hydrogens is 230 g/mol. The Bertz CT molecular complexity index is 484. The Morgan fingerprint density at radius 3 is 2.94 bits per heavy atom. The summed E-state index contributed by atoms with van der Waals surface area (Å²) in [5.41, 5.74) is 0.242. The van der Waals surface area contributed by atoms with Gasteiger partial charge >= 0.3 is 11.7 Å². The van der Waals surface area contributed by atoms with Gasteiger partial charge in [-0.3, -0.25) is 14.9 Å². The Morgan fingerprint density at radius 2 is 2.29 bits per heavy atom. The lowest BCUT2D eigenvalue weighted by Gasteiger charge is -2.03. The van der Waals surface area contributed by atoms with Crippen LogP contribution in [0.2, 0.25) is 0 Å². The normalized spacial score (nSPS) is 12.3. The second kappa shape index (κ2) is 4.28. The van der Waals surface area contributed by atoms with Crippen LogP contribution in [0.15, 0.2) is 12.1 Å². The van der Waals surface area contributed by atoms with Crippen LogP contribution in [0.3, 0.4) is 0 Å². The number of carbonyl (C=O) groups is 1. The van der Waals surface area contributed by atoms with Crippen LogP contribution in [0.1, 0.15) is 5.56 Å². The molecule has 7 heteroatoms. The van der Waals surface area contributed by atoms with Gasteiger partial charge in [0.05, 0.1) is 18.5 Å². The molecule has 0 N–H and O–H groups in total. The molecule has 2 rings (SSSR count). The zero-order chi connectivity index (χ0) is 12.4. The lowest BCUT2D eigenvalue weighted by Crippen LogP contribution is -2.05. The largest absolute Gasteiger partial charge is 0.469 e. The van der Waals surface area contributed by atoms with Gasteiger partial charge < -0.3 is 14.2 Å². The summed E-state index contributed by atoms with van der Waals surface area (Å²) in [4.78, 5) is 21.3. The first-order chi connectivity index (χ1) is 8.11. The number of nitrogens with zero attached hydrogens (tertiary/aromatic N) is 1. The van der Waals surface area contributed by atoms with Crippen LogP contribution in [0, 0.1) is 10.1 Å².